The second kappa shape index (κ2) is 7.33. The van der Waals surface area contributed by atoms with Crippen LogP contribution in [0, 0.1) is 0 Å². The minimum Gasteiger partial charge on any atom is -0.355 e. The predicted octanol–water partition coefficient (Wildman–Crippen LogP) is 2.42. The minimum atomic E-state index is -0.329. The average Bonchev–Trinajstić information content (AvgIpc) is 3.06. The van der Waals surface area contributed by atoms with Crippen LogP contribution >= 0.6 is 27.3 Å². The molecule has 0 aromatic carbocycles. The van der Waals surface area contributed by atoms with E-state index in [1.807, 2.05) is 17.6 Å². The van der Waals surface area contributed by atoms with E-state index in [-0.39, 0.29) is 10.1 Å². The fourth-order valence-corrected chi connectivity index (χ4v) is 5.54. The third-order valence-corrected chi connectivity index (χ3v) is 7.15. The third-order valence-electron chi connectivity index (χ3n) is 5.51. The molecule has 1 aliphatic carbocycles. The van der Waals surface area contributed by atoms with E-state index in [0.717, 1.165) is 55.9 Å². The van der Waals surface area contributed by atoms with Gasteiger partial charge in [0.25, 0.3) is 0 Å². The Hall–Kier alpha value is -1.18. The smallest absolute Gasteiger partial charge is 0.186 e. The Bertz CT molecular complexity index is 879. The SMILES string of the molecule is CCCC1=CNC(C)(N2CCN(c3nc4c(s3)=CC(C)(Br)CC=4)CC2)N=C1. The van der Waals surface area contributed by atoms with Crippen molar-refractivity contribution in [1.29, 1.82) is 0 Å². The first-order chi connectivity index (χ1) is 12.9. The van der Waals surface area contributed by atoms with Gasteiger partial charge in [-0.3, -0.25) is 9.89 Å². The van der Waals surface area contributed by atoms with E-state index in [0.29, 0.717) is 0 Å². The molecule has 0 spiro atoms. The first kappa shape index (κ1) is 19.2. The summed E-state index contributed by atoms with van der Waals surface area (Å²) in [6, 6.07) is 0. The second-order valence-corrected chi connectivity index (χ2v) is 10.8. The quantitative estimate of drug-likeness (QED) is 0.716. The highest BCUT2D eigenvalue weighted by atomic mass is 79.9. The van der Waals surface area contributed by atoms with Crippen LogP contribution < -0.4 is 20.1 Å². The topological polar surface area (TPSA) is 43.8 Å². The monoisotopic (exact) mass is 449 g/mol. The number of rotatable bonds is 4. The van der Waals surface area contributed by atoms with Crippen LogP contribution in [0.5, 0.6) is 0 Å². The van der Waals surface area contributed by atoms with Crippen LogP contribution in [-0.2, 0) is 0 Å². The number of nitrogens with one attached hydrogen (secondary N) is 1. The maximum absolute atomic E-state index is 4.89. The fraction of sp³-hybridized carbons (Fsp3) is 0.600. The highest BCUT2D eigenvalue weighted by molar-refractivity contribution is 9.10. The van der Waals surface area contributed by atoms with Gasteiger partial charge < -0.3 is 10.2 Å². The number of anilines is 1. The summed E-state index contributed by atoms with van der Waals surface area (Å²) in [4.78, 5) is 14.6. The number of nitrogens with zero attached hydrogens (tertiary/aromatic N) is 4. The zero-order valence-corrected chi connectivity index (χ0v) is 18.7. The molecular formula is C20H28BrN5S. The molecule has 7 heteroatoms. The Kier molecular flexibility index (Phi) is 5.20. The van der Waals surface area contributed by atoms with E-state index >= 15 is 0 Å². The molecule has 3 aliphatic rings. The van der Waals surface area contributed by atoms with Gasteiger partial charge in [0.2, 0.25) is 0 Å². The van der Waals surface area contributed by atoms with Crippen molar-refractivity contribution in [2.24, 2.45) is 4.99 Å². The lowest BCUT2D eigenvalue weighted by molar-refractivity contribution is 0.0837. The van der Waals surface area contributed by atoms with Crippen LogP contribution in [0.4, 0.5) is 5.13 Å². The number of aromatic nitrogens is 1. The number of hydrogen-bond acceptors (Lipinski definition) is 6. The van der Waals surface area contributed by atoms with Crippen LogP contribution in [0.25, 0.3) is 12.2 Å². The highest BCUT2D eigenvalue weighted by Gasteiger charge is 2.34. The molecule has 4 rings (SSSR count). The Labute approximate surface area is 173 Å². The van der Waals surface area contributed by atoms with Crippen molar-refractivity contribution < 1.29 is 0 Å². The molecule has 1 fully saturated rings. The van der Waals surface area contributed by atoms with Gasteiger partial charge in [-0.2, -0.15) is 0 Å². The molecule has 1 N–H and O–H groups in total. The van der Waals surface area contributed by atoms with E-state index in [4.69, 9.17) is 9.98 Å². The largest absolute Gasteiger partial charge is 0.355 e. The number of thiazole rings is 1. The summed E-state index contributed by atoms with van der Waals surface area (Å²) in [5.74, 6) is -0.329. The normalized spacial score (nSPS) is 30.8. The van der Waals surface area contributed by atoms with Gasteiger partial charge in [0.05, 0.1) is 9.88 Å². The van der Waals surface area contributed by atoms with E-state index in [1.54, 1.807) is 0 Å². The lowest BCUT2D eigenvalue weighted by Crippen LogP contribution is -2.61. The lowest BCUT2D eigenvalue weighted by Gasteiger charge is -2.44. The van der Waals surface area contributed by atoms with Gasteiger partial charge in [-0.05, 0) is 38.3 Å². The Morgan fingerprint density at radius 2 is 2.04 bits per heavy atom. The Morgan fingerprint density at radius 1 is 1.26 bits per heavy atom. The maximum atomic E-state index is 4.89. The number of hydrogen-bond donors (Lipinski definition) is 1. The van der Waals surface area contributed by atoms with Gasteiger partial charge >= 0.3 is 0 Å². The number of fused-ring (bicyclic) bond motifs is 1. The number of aliphatic imine (C=N–C) groups is 1. The van der Waals surface area contributed by atoms with Gasteiger partial charge in [-0.15, -0.1) is 0 Å². The average molecular weight is 450 g/mol. The van der Waals surface area contributed by atoms with Crippen molar-refractivity contribution in [3.05, 3.63) is 21.7 Å². The number of allylic oxidation sites excluding steroid dienone is 1. The van der Waals surface area contributed by atoms with Crippen molar-refractivity contribution in [3.63, 3.8) is 0 Å². The molecule has 2 aliphatic heterocycles. The van der Waals surface area contributed by atoms with Gasteiger partial charge in [0, 0.05) is 42.9 Å². The van der Waals surface area contributed by atoms with Gasteiger partial charge in [0.15, 0.2) is 10.9 Å². The molecule has 2 unspecified atom stereocenters. The summed E-state index contributed by atoms with van der Waals surface area (Å²) >= 11 is 5.60. The Balaban J connectivity index is 1.42. The molecule has 0 radical (unpaired) electrons. The molecule has 146 valence electrons. The zero-order chi connectivity index (χ0) is 19.1. The standard InChI is InChI=1S/C20H28BrN5S/c1-4-5-15-13-22-20(3,23-14-15)26-10-8-25(9-11-26)18-24-16-6-7-19(2,21)12-17(16)27-18/h6,12-14,22H,4-5,7-11H2,1-3H3. The van der Waals surface area contributed by atoms with Crippen LogP contribution in [0.1, 0.15) is 40.0 Å². The van der Waals surface area contributed by atoms with Crippen molar-refractivity contribution in [2.45, 2.75) is 50.1 Å². The molecule has 1 aromatic rings. The van der Waals surface area contributed by atoms with E-state index in [9.17, 15) is 0 Å². The number of halogens is 1. The molecule has 0 amide bonds. The van der Waals surface area contributed by atoms with Crippen LogP contribution in [0.3, 0.4) is 0 Å². The van der Waals surface area contributed by atoms with Crippen LogP contribution in [0.2, 0.25) is 0 Å². The first-order valence-electron chi connectivity index (χ1n) is 9.79. The summed E-state index contributed by atoms with van der Waals surface area (Å²) < 4.78 is 1.35. The number of alkyl halides is 1. The molecule has 0 bridgehead atoms. The molecule has 0 saturated carbocycles. The molecular weight excluding hydrogens is 422 g/mol. The molecule has 3 heterocycles. The lowest BCUT2D eigenvalue weighted by atomic mass is 10.0. The van der Waals surface area contributed by atoms with Crippen LogP contribution in [0.15, 0.2) is 16.8 Å². The van der Waals surface area contributed by atoms with E-state index in [1.165, 1.54) is 10.1 Å². The van der Waals surface area contributed by atoms with Gasteiger partial charge in [-0.1, -0.05) is 46.7 Å². The minimum absolute atomic E-state index is 0.0614. The summed E-state index contributed by atoms with van der Waals surface area (Å²) in [5.41, 5.74) is 1.29. The van der Waals surface area contributed by atoms with Crippen molar-refractivity contribution in [2.75, 3.05) is 31.1 Å². The third kappa shape index (κ3) is 4.00. The molecule has 27 heavy (non-hydrogen) atoms. The Morgan fingerprint density at radius 3 is 2.70 bits per heavy atom. The van der Waals surface area contributed by atoms with Crippen LogP contribution in [-0.4, -0.2) is 52.4 Å². The number of piperazine rings is 1. The highest BCUT2D eigenvalue weighted by Crippen LogP contribution is 2.27. The zero-order valence-electron chi connectivity index (χ0n) is 16.3. The molecule has 2 atom stereocenters. The summed E-state index contributed by atoms with van der Waals surface area (Å²) in [7, 11) is 0. The molecule has 5 nitrogen and oxygen atoms in total. The first-order valence-corrected chi connectivity index (χ1v) is 11.4. The van der Waals surface area contributed by atoms with Crippen molar-refractivity contribution in [3.8, 4) is 0 Å². The van der Waals surface area contributed by atoms with E-state index < -0.39 is 0 Å². The molecule has 1 saturated heterocycles. The van der Waals surface area contributed by atoms with Gasteiger partial charge in [0.1, 0.15) is 0 Å². The predicted molar refractivity (Wildman–Crippen MR) is 119 cm³/mol. The van der Waals surface area contributed by atoms with Crippen molar-refractivity contribution in [1.82, 2.24) is 15.2 Å². The molecule has 1 aromatic heterocycles. The summed E-state index contributed by atoms with van der Waals surface area (Å²) in [6.45, 7) is 10.5. The van der Waals surface area contributed by atoms with E-state index in [2.05, 4.69) is 70.2 Å². The second-order valence-electron chi connectivity index (χ2n) is 7.94. The maximum Gasteiger partial charge on any atom is 0.186 e. The van der Waals surface area contributed by atoms with Crippen molar-refractivity contribution >= 4 is 50.8 Å². The summed E-state index contributed by atoms with van der Waals surface area (Å²) in [5, 5.41) is 5.82. The fourth-order valence-electron chi connectivity index (χ4n) is 3.79. The van der Waals surface area contributed by atoms with Gasteiger partial charge in [-0.25, -0.2) is 4.98 Å². The summed E-state index contributed by atoms with van der Waals surface area (Å²) in [6.07, 6.45) is 12.0.